The summed E-state index contributed by atoms with van der Waals surface area (Å²) < 4.78 is 0. The van der Waals surface area contributed by atoms with Gasteiger partial charge in [-0.2, -0.15) is 0 Å². The standard InChI is InChI=1S/C16H21N3O/c17-9-12-8-16(20)19(11-12)7-3-4-13-10-18-15-6-2-1-5-14(13)15/h1-2,5-6,10,12,18H,3-4,7-9,11,17H2. The van der Waals surface area contributed by atoms with Crippen molar-refractivity contribution in [3.8, 4) is 0 Å². The van der Waals surface area contributed by atoms with Crippen molar-refractivity contribution in [1.29, 1.82) is 0 Å². The summed E-state index contributed by atoms with van der Waals surface area (Å²) in [6.07, 6.45) is 4.72. The average Bonchev–Trinajstić information content (AvgIpc) is 3.04. The number of likely N-dealkylation sites (tertiary alicyclic amines) is 1. The molecule has 4 heteroatoms. The van der Waals surface area contributed by atoms with Crippen LogP contribution in [0, 0.1) is 5.92 Å². The van der Waals surface area contributed by atoms with Crippen molar-refractivity contribution in [1.82, 2.24) is 9.88 Å². The van der Waals surface area contributed by atoms with Crippen LogP contribution in [0.1, 0.15) is 18.4 Å². The molecule has 20 heavy (non-hydrogen) atoms. The molecule has 0 aliphatic carbocycles. The number of nitrogens with one attached hydrogen (secondary N) is 1. The van der Waals surface area contributed by atoms with E-state index < -0.39 is 0 Å². The first kappa shape index (κ1) is 13.2. The lowest BCUT2D eigenvalue weighted by atomic mass is 10.1. The molecular weight excluding hydrogens is 250 g/mol. The molecule has 1 fully saturated rings. The predicted octanol–water partition coefficient (Wildman–Crippen LogP) is 1.91. The zero-order valence-electron chi connectivity index (χ0n) is 11.6. The van der Waals surface area contributed by atoms with Crippen molar-refractivity contribution in [3.05, 3.63) is 36.0 Å². The van der Waals surface area contributed by atoms with Crippen LogP contribution in [0.5, 0.6) is 0 Å². The number of nitrogens with zero attached hydrogens (tertiary/aromatic N) is 1. The van der Waals surface area contributed by atoms with Crippen LogP contribution in [0.25, 0.3) is 10.9 Å². The number of carbonyl (C=O) groups excluding carboxylic acids is 1. The van der Waals surface area contributed by atoms with Crippen LogP contribution >= 0.6 is 0 Å². The van der Waals surface area contributed by atoms with E-state index in [1.54, 1.807) is 0 Å². The number of rotatable bonds is 5. The second-order valence-corrected chi connectivity index (χ2v) is 5.61. The Morgan fingerprint density at radius 1 is 1.35 bits per heavy atom. The van der Waals surface area contributed by atoms with E-state index in [4.69, 9.17) is 5.73 Å². The maximum atomic E-state index is 11.8. The van der Waals surface area contributed by atoms with Crippen LogP contribution in [0.4, 0.5) is 0 Å². The van der Waals surface area contributed by atoms with Crippen molar-refractivity contribution in [2.45, 2.75) is 19.3 Å². The molecule has 106 valence electrons. The maximum Gasteiger partial charge on any atom is 0.222 e. The Kier molecular flexibility index (Phi) is 3.74. The highest BCUT2D eigenvalue weighted by Crippen LogP contribution is 2.20. The molecule has 3 rings (SSSR count). The second-order valence-electron chi connectivity index (χ2n) is 5.61. The number of carbonyl (C=O) groups is 1. The molecule has 0 spiro atoms. The number of H-pyrrole nitrogens is 1. The van der Waals surface area contributed by atoms with Crippen LogP contribution in [0.15, 0.2) is 30.5 Å². The van der Waals surface area contributed by atoms with Gasteiger partial charge in [0.15, 0.2) is 0 Å². The number of hydrogen-bond donors (Lipinski definition) is 2. The van der Waals surface area contributed by atoms with Gasteiger partial charge in [0, 0.05) is 36.6 Å². The quantitative estimate of drug-likeness (QED) is 0.872. The van der Waals surface area contributed by atoms with E-state index >= 15 is 0 Å². The van der Waals surface area contributed by atoms with E-state index in [1.807, 2.05) is 11.0 Å². The molecule has 1 unspecified atom stereocenters. The average molecular weight is 271 g/mol. The topological polar surface area (TPSA) is 62.1 Å². The fourth-order valence-electron chi connectivity index (χ4n) is 3.03. The Hall–Kier alpha value is -1.81. The molecule has 0 bridgehead atoms. The number of benzene rings is 1. The number of fused-ring (bicyclic) bond motifs is 1. The summed E-state index contributed by atoms with van der Waals surface area (Å²) in [5.41, 5.74) is 8.16. The third-order valence-corrected chi connectivity index (χ3v) is 4.18. The van der Waals surface area contributed by atoms with E-state index in [0.29, 0.717) is 18.9 Å². The molecule has 0 saturated carbocycles. The first-order valence-corrected chi connectivity index (χ1v) is 7.30. The Balaban J connectivity index is 1.57. The van der Waals surface area contributed by atoms with Gasteiger partial charge in [-0.3, -0.25) is 4.79 Å². The van der Waals surface area contributed by atoms with Gasteiger partial charge in [-0.25, -0.2) is 0 Å². The predicted molar refractivity (Wildman–Crippen MR) is 80.4 cm³/mol. The normalized spacial score (nSPS) is 19.1. The van der Waals surface area contributed by atoms with Gasteiger partial charge < -0.3 is 15.6 Å². The Morgan fingerprint density at radius 2 is 2.20 bits per heavy atom. The van der Waals surface area contributed by atoms with Gasteiger partial charge in [0.05, 0.1) is 0 Å². The zero-order chi connectivity index (χ0) is 13.9. The van der Waals surface area contributed by atoms with E-state index in [2.05, 4.69) is 29.4 Å². The second kappa shape index (κ2) is 5.67. The summed E-state index contributed by atoms with van der Waals surface area (Å²) in [5, 5.41) is 1.29. The van der Waals surface area contributed by atoms with Gasteiger partial charge >= 0.3 is 0 Å². The lowest BCUT2D eigenvalue weighted by Crippen LogP contribution is -2.27. The number of hydrogen-bond acceptors (Lipinski definition) is 2. The summed E-state index contributed by atoms with van der Waals surface area (Å²) in [6, 6.07) is 8.34. The third kappa shape index (κ3) is 2.56. The molecule has 1 aromatic heterocycles. The highest BCUT2D eigenvalue weighted by Gasteiger charge is 2.27. The molecule has 1 amide bonds. The van der Waals surface area contributed by atoms with E-state index in [0.717, 1.165) is 25.9 Å². The van der Waals surface area contributed by atoms with Crippen LogP contribution in [0.2, 0.25) is 0 Å². The summed E-state index contributed by atoms with van der Waals surface area (Å²) in [4.78, 5) is 17.1. The SMILES string of the molecule is NCC1CC(=O)N(CCCc2c[nH]c3ccccc23)C1. The highest BCUT2D eigenvalue weighted by atomic mass is 16.2. The maximum absolute atomic E-state index is 11.8. The lowest BCUT2D eigenvalue weighted by molar-refractivity contribution is -0.127. The number of aromatic nitrogens is 1. The molecule has 1 aliphatic rings. The summed E-state index contributed by atoms with van der Waals surface area (Å²) in [6.45, 7) is 2.29. The lowest BCUT2D eigenvalue weighted by Gasteiger charge is -2.16. The van der Waals surface area contributed by atoms with Gasteiger partial charge in [0.2, 0.25) is 5.91 Å². The van der Waals surface area contributed by atoms with E-state index in [-0.39, 0.29) is 5.91 Å². The molecule has 1 atom stereocenters. The van der Waals surface area contributed by atoms with Crippen molar-refractivity contribution in [2.24, 2.45) is 11.7 Å². The first-order valence-electron chi connectivity index (χ1n) is 7.30. The van der Waals surface area contributed by atoms with Gasteiger partial charge in [0.25, 0.3) is 0 Å². The minimum atomic E-state index is 0.263. The number of aromatic amines is 1. The summed E-state index contributed by atoms with van der Waals surface area (Å²) >= 11 is 0. The monoisotopic (exact) mass is 271 g/mol. The molecule has 2 heterocycles. The zero-order valence-corrected chi connectivity index (χ0v) is 11.6. The molecule has 1 saturated heterocycles. The van der Waals surface area contributed by atoms with Gasteiger partial charge in [-0.05, 0) is 36.9 Å². The van der Waals surface area contributed by atoms with Crippen molar-refractivity contribution in [2.75, 3.05) is 19.6 Å². The Bertz CT molecular complexity index is 605. The number of amides is 1. The molecule has 1 aromatic carbocycles. The van der Waals surface area contributed by atoms with Gasteiger partial charge in [-0.1, -0.05) is 18.2 Å². The largest absolute Gasteiger partial charge is 0.361 e. The van der Waals surface area contributed by atoms with E-state index in [9.17, 15) is 4.79 Å². The van der Waals surface area contributed by atoms with Crippen molar-refractivity contribution in [3.63, 3.8) is 0 Å². The smallest absolute Gasteiger partial charge is 0.222 e. The minimum Gasteiger partial charge on any atom is -0.361 e. The van der Waals surface area contributed by atoms with E-state index in [1.165, 1.54) is 16.5 Å². The van der Waals surface area contributed by atoms with Crippen molar-refractivity contribution >= 4 is 16.8 Å². The van der Waals surface area contributed by atoms with Crippen LogP contribution in [-0.2, 0) is 11.2 Å². The summed E-state index contributed by atoms with van der Waals surface area (Å²) in [7, 11) is 0. The Labute approximate surface area is 118 Å². The van der Waals surface area contributed by atoms with Crippen LogP contribution in [-0.4, -0.2) is 35.4 Å². The van der Waals surface area contributed by atoms with Crippen LogP contribution < -0.4 is 5.73 Å². The van der Waals surface area contributed by atoms with Gasteiger partial charge in [-0.15, -0.1) is 0 Å². The molecule has 3 N–H and O–H groups in total. The number of para-hydroxylation sites is 1. The first-order chi connectivity index (χ1) is 9.78. The number of aryl methyl sites for hydroxylation is 1. The molecular formula is C16H21N3O. The Morgan fingerprint density at radius 3 is 3.00 bits per heavy atom. The third-order valence-electron chi connectivity index (χ3n) is 4.18. The number of nitrogens with two attached hydrogens (primary N) is 1. The van der Waals surface area contributed by atoms with Crippen LogP contribution in [0.3, 0.4) is 0 Å². The minimum absolute atomic E-state index is 0.263. The van der Waals surface area contributed by atoms with Crippen molar-refractivity contribution < 1.29 is 4.79 Å². The fourth-order valence-corrected chi connectivity index (χ4v) is 3.03. The van der Waals surface area contributed by atoms with Gasteiger partial charge in [0.1, 0.15) is 0 Å². The fraction of sp³-hybridized carbons (Fsp3) is 0.438. The highest BCUT2D eigenvalue weighted by molar-refractivity contribution is 5.83. The molecule has 0 radical (unpaired) electrons. The molecule has 2 aromatic rings. The molecule has 1 aliphatic heterocycles. The molecule has 4 nitrogen and oxygen atoms in total. The summed E-state index contributed by atoms with van der Waals surface area (Å²) in [5.74, 6) is 0.620.